The van der Waals surface area contributed by atoms with Crippen LogP contribution in [0.25, 0.3) is 10.8 Å². The first kappa shape index (κ1) is 12.7. The van der Waals surface area contributed by atoms with E-state index in [1.165, 1.54) is 0 Å². The molecule has 0 fully saturated rings. The van der Waals surface area contributed by atoms with E-state index in [2.05, 4.69) is 5.32 Å². The largest absolute Gasteiger partial charge is 0.383 e. The number of methoxy groups -OCH3 is 1. The highest BCUT2D eigenvalue weighted by Gasteiger charge is 2.05. The number of nitrogens with one attached hydrogen (secondary N) is 1. The monoisotopic (exact) mass is 243 g/mol. The van der Waals surface area contributed by atoms with Crippen molar-refractivity contribution in [3.05, 3.63) is 48.0 Å². The maximum atomic E-state index is 11.9. The van der Waals surface area contributed by atoms with Crippen molar-refractivity contribution < 1.29 is 9.53 Å². The second kappa shape index (κ2) is 6.28. The Morgan fingerprint density at radius 3 is 2.72 bits per heavy atom. The number of ether oxygens (including phenoxy) is 1. The van der Waals surface area contributed by atoms with E-state index < -0.39 is 0 Å². The minimum absolute atomic E-state index is 0.108. The van der Waals surface area contributed by atoms with E-state index >= 15 is 0 Å². The average molecular weight is 243 g/mol. The summed E-state index contributed by atoms with van der Waals surface area (Å²) in [5, 5.41) is 5.31. The summed E-state index contributed by atoms with van der Waals surface area (Å²) in [5.41, 5.74) is 0.749. The third kappa shape index (κ3) is 3.15. The highest BCUT2D eigenvalue weighted by molar-refractivity contribution is 6.01. The number of rotatable bonds is 6. The lowest BCUT2D eigenvalue weighted by Crippen LogP contribution is -2.26. The fourth-order valence-electron chi connectivity index (χ4n) is 1.84. The Bertz CT molecular complexity index is 537. The SMILES string of the molecule is COCCNCC(=O)c1ccc2ccccc2c1. The van der Waals surface area contributed by atoms with Gasteiger partial charge in [0.05, 0.1) is 13.2 Å². The third-order valence-electron chi connectivity index (χ3n) is 2.84. The topological polar surface area (TPSA) is 38.3 Å². The average Bonchev–Trinajstić information content (AvgIpc) is 2.43. The van der Waals surface area contributed by atoms with Crippen LogP contribution in [-0.2, 0) is 4.74 Å². The first-order valence-corrected chi connectivity index (χ1v) is 6.03. The molecular weight excluding hydrogens is 226 g/mol. The molecule has 0 amide bonds. The number of Topliss-reactive ketones (excluding diaryl/α,β-unsaturated/α-hetero) is 1. The molecule has 0 bridgehead atoms. The fraction of sp³-hybridized carbons (Fsp3) is 0.267. The van der Waals surface area contributed by atoms with Crippen LogP contribution in [0.4, 0.5) is 0 Å². The van der Waals surface area contributed by atoms with Crippen LogP contribution < -0.4 is 5.32 Å². The van der Waals surface area contributed by atoms with Crippen LogP contribution in [-0.4, -0.2) is 32.6 Å². The molecule has 18 heavy (non-hydrogen) atoms. The van der Waals surface area contributed by atoms with Gasteiger partial charge in [0.15, 0.2) is 5.78 Å². The molecule has 3 heteroatoms. The van der Waals surface area contributed by atoms with Crippen molar-refractivity contribution in [3.8, 4) is 0 Å². The van der Waals surface area contributed by atoms with Crippen molar-refractivity contribution in [2.75, 3.05) is 26.8 Å². The molecule has 94 valence electrons. The van der Waals surface area contributed by atoms with Gasteiger partial charge < -0.3 is 10.1 Å². The number of benzene rings is 2. The van der Waals surface area contributed by atoms with Crippen molar-refractivity contribution in [1.29, 1.82) is 0 Å². The van der Waals surface area contributed by atoms with Gasteiger partial charge in [-0.1, -0.05) is 36.4 Å². The van der Waals surface area contributed by atoms with Crippen molar-refractivity contribution in [3.63, 3.8) is 0 Å². The lowest BCUT2D eigenvalue weighted by Gasteiger charge is -2.05. The zero-order chi connectivity index (χ0) is 12.8. The molecule has 0 aliphatic rings. The van der Waals surface area contributed by atoms with E-state index in [1.54, 1.807) is 7.11 Å². The van der Waals surface area contributed by atoms with E-state index in [0.717, 1.165) is 16.3 Å². The number of fused-ring (bicyclic) bond motifs is 1. The fourth-order valence-corrected chi connectivity index (χ4v) is 1.84. The molecule has 0 aromatic heterocycles. The van der Waals surface area contributed by atoms with Crippen LogP contribution in [0.2, 0.25) is 0 Å². The Labute approximate surface area is 107 Å². The van der Waals surface area contributed by atoms with E-state index in [1.807, 2.05) is 42.5 Å². The van der Waals surface area contributed by atoms with Crippen molar-refractivity contribution in [1.82, 2.24) is 5.32 Å². The molecular formula is C15H17NO2. The summed E-state index contributed by atoms with van der Waals surface area (Å²) in [6.45, 7) is 1.66. The summed E-state index contributed by atoms with van der Waals surface area (Å²) in [7, 11) is 1.65. The summed E-state index contributed by atoms with van der Waals surface area (Å²) in [6.07, 6.45) is 0. The van der Waals surface area contributed by atoms with Gasteiger partial charge in [0, 0.05) is 19.2 Å². The summed E-state index contributed by atoms with van der Waals surface area (Å²) >= 11 is 0. The molecule has 3 nitrogen and oxygen atoms in total. The van der Waals surface area contributed by atoms with Gasteiger partial charge in [-0.3, -0.25) is 4.79 Å². The molecule has 0 atom stereocenters. The zero-order valence-electron chi connectivity index (χ0n) is 10.5. The normalized spacial score (nSPS) is 10.7. The number of ketones is 1. The second-order valence-electron chi connectivity index (χ2n) is 4.15. The molecule has 2 aromatic carbocycles. The van der Waals surface area contributed by atoms with Crippen LogP contribution in [0.3, 0.4) is 0 Å². The minimum Gasteiger partial charge on any atom is -0.383 e. The molecule has 0 unspecified atom stereocenters. The second-order valence-corrected chi connectivity index (χ2v) is 4.15. The van der Waals surface area contributed by atoms with Crippen molar-refractivity contribution in [2.45, 2.75) is 0 Å². The van der Waals surface area contributed by atoms with Crippen LogP contribution in [0.1, 0.15) is 10.4 Å². The Balaban J connectivity index is 2.04. The summed E-state index contributed by atoms with van der Waals surface area (Å²) in [6, 6.07) is 13.8. The van der Waals surface area contributed by atoms with Gasteiger partial charge in [0.25, 0.3) is 0 Å². The van der Waals surface area contributed by atoms with Gasteiger partial charge in [0.2, 0.25) is 0 Å². The first-order chi connectivity index (χ1) is 8.81. The molecule has 0 saturated heterocycles. The number of hydrogen-bond acceptors (Lipinski definition) is 3. The summed E-state index contributed by atoms with van der Waals surface area (Å²) in [5.74, 6) is 0.108. The van der Waals surface area contributed by atoms with Gasteiger partial charge in [-0.2, -0.15) is 0 Å². The lowest BCUT2D eigenvalue weighted by molar-refractivity contribution is 0.0987. The smallest absolute Gasteiger partial charge is 0.176 e. The molecule has 0 aliphatic carbocycles. The van der Waals surface area contributed by atoms with Crippen LogP contribution >= 0.6 is 0 Å². The van der Waals surface area contributed by atoms with Crippen molar-refractivity contribution >= 4 is 16.6 Å². The van der Waals surface area contributed by atoms with Crippen LogP contribution in [0.15, 0.2) is 42.5 Å². The summed E-state index contributed by atoms with van der Waals surface area (Å²) < 4.78 is 4.91. The number of carbonyl (C=O) groups excluding carboxylic acids is 1. The molecule has 2 rings (SSSR count). The highest BCUT2D eigenvalue weighted by Crippen LogP contribution is 2.15. The highest BCUT2D eigenvalue weighted by atomic mass is 16.5. The quantitative estimate of drug-likeness (QED) is 0.624. The third-order valence-corrected chi connectivity index (χ3v) is 2.84. The van der Waals surface area contributed by atoms with E-state index in [-0.39, 0.29) is 5.78 Å². The van der Waals surface area contributed by atoms with Crippen LogP contribution in [0.5, 0.6) is 0 Å². The Kier molecular flexibility index (Phi) is 4.45. The molecule has 1 N–H and O–H groups in total. The van der Waals surface area contributed by atoms with E-state index in [0.29, 0.717) is 19.7 Å². The predicted octanol–water partition coefficient (Wildman–Crippen LogP) is 2.26. The van der Waals surface area contributed by atoms with Gasteiger partial charge >= 0.3 is 0 Å². The minimum atomic E-state index is 0.108. The lowest BCUT2D eigenvalue weighted by atomic mass is 10.0. The van der Waals surface area contributed by atoms with Gasteiger partial charge in [0.1, 0.15) is 0 Å². The molecule has 0 saturated carbocycles. The molecule has 0 heterocycles. The molecule has 2 aromatic rings. The van der Waals surface area contributed by atoms with Crippen LogP contribution in [0, 0.1) is 0 Å². The standard InChI is InChI=1S/C15H17NO2/c1-18-9-8-16-11-15(17)14-7-6-12-4-2-3-5-13(12)10-14/h2-7,10,16H,8-9,11H2,1H3. The van der Waals surface area contributed by atoms with Crippen molar-refractivity contribution in [2.24, 2.45) is 0 Å². The Hall–Kier alpha value is -1.71. The summed E-state index contributed by atoms with van der Waals surface area (Å²) in [4.78, 5) is 11.9. The molecule has 0 aliphatic heterocycles. The van der Waals surface area contributed by atoms with Gasteiger partial charge in [-0.25, -0.2) is 0 Å². The maximum Gasteiger partial charge on any atom is 0.176 e. The Morgan fingerprint density at radius 2 is 1.94 bits per heavy atom. The number of hydrogen-bond donors (Lipinski definition) is 1. The van der Waals surface area contributed by atoms with Gasteiger partial charge in [-0.05, 0) is 16.8 Å². The first-order valence-electron chi connectivity index (χ1n) is 6.03. The Morgan fingerprint density at radius 1 is 1.17 bits per heavy atom. The molecule has 0 radical (unpaired) electrons. The maximum absolute atomic E-state index is 11.9. The van der Waals surface area contributed by atoms with Gasteiger partial charge in [-0.15, -0.1) is 0 Å². The van der Waals surface area contributed by atoms with E-state index in [4.69, 9.17) is 4.74 Å². The molecule has 0 spiro atoms. The predicted molar refractivity (Wildman–Crippen MR) is 73.0 cm³/mol. The zero-order valence-corrected chi connectivity index (χ0v) is 10.5. The van der Waals surface area contributed by atoms with E-state index in [9.17, 15) is 4.79 Å². The number of carbonyl (C=O) groups is 1.